The molecule has 2 rings (SSSR count). The molecule has 1 aromatic carbocycles. The van der Waals surface area contributed by atoms with Crippen molar-refractivity contribution in [3.05, 3.63) is 35.9 Å². The standard InChI is InChI=1S/C14H17NO5S/c1-14(2)15(13(17)19-3)10(12(20-18)21-14)11(16)9-7-5-4-6-8-9/h4-8,10,12,18H,1-3H3/t10-,12+/m1/s1. The maximum absolute atomic E-state index is 12.7. The van der Waals surface area contributed by atoms with E-state index in [-0.39, 0.29) is 5.78 Å². The SMILES string of the molecule is COC(=O)N1[C@H](C(=O)c2ccccc2)[C@@H](OO)SC1(C)C. The molecule has 6 nitrogen and oxygen atoms in total. The van der Waals surface area contributed by atoms with Crippen molar-refractivity contribution in [1.82, 2.24) is 4.90 Å². The number of benzene rings is 1. The molecule has 1 heterocycles. The van der Waals surface area contributed by atoms with Crippen LogP contribution in [0, 0.1) is 0 Å². The van der Waals surface area contributed by atoms with Crippen molar-refractivity contribution >= 4 is 23.6 Å². The number of hydrogen-bond donors (Lipinski definition) is 1. The van der Waals surface area contributed by atoms with E-state index >= 15 is 0 Å². The van der Waals surface area contributed by atoms with Crippen LogP contribution in [0.2, 0.25) is 0 Å². The Morgan fingerprint density at radius 1 is 1.29 bits per heavy atom. The van der Waals surface area contributed by atoms with Crippen LogP contribution in [0.1, 0.15) is 24.2 Å². The van der Waals surface area contributed by atoms with E-state index in [1.54, 1.807) is 44.2 Å². The number of rotatable bonds is 3. The number of Topliss-reactive ketones (excluding diaryl/α,β-unsaturated/α-hetero) is 1. The third-order valence-electron chi connectivity index (χ3n) is 3.32. The summed E-state index contributed by atoms with van der Waals surface area (Å²) >= 11 is 1.18. The van der Waals surface area contributed by atoms with E-state index in [1.807, 2.05) is 0 Å². The topological polar surface area (TPSA) is 76.1 Å². The molecular formula is C14H17NO5S. The lowest BCUT2D eigenvalue weighted by Crippen LogP contribution is -2.51. The Morgan fingerprint density at radius 3 is 2.43 bits per heavy atom. The average Bonchev–Trinajstić information content (AvgIpc) is 2.77. The van der Waals surface area contributed by atoms with Gasteiger partial charge < -0.3 is 4.74 Å². The number of ketones is 1. The number of carbonyl (C=O) groups excluding carboxylic acids is 2. The zero-order valence-corrected chi connectivity index (χ0v) is 12.8. The second-order valence-corrected chi connectivity index (χ2v) is 6.75. The molecule has 114 valence electrons. The van der Waals surface area contributed by atoms with E-state index in [4.69, 9.17) is 9.99 Å². The molecule has 1 aliphatic rings. The Kier molecular flexibility index (Phi) is 4.55. The largest absolute Gasteiger partial charge is 0.453 e. The highest BCUT2D eigenvalue weighted by molar-refractivity contribution is 8.01. The highest BCUT2D eigenvalue weighted by atomic mass is 32.2. The number of amides is 1. The minimum atomic E-state index is -0.954. The second kappa shape index (κ2) is 6.05. The van der Waals surface area contributed by atoms with Gasteiger partial charge in [-0.2, -0.15) is 0 Å². The predicted molar refractivity (Wildman–Crippen MR) is 78.0 cm³/mol. The number of ether oxygens (including phenoxy) is 1. The van der Waals surface area contributed by atoms with Crippen LogP contribution >= 0.6 is 11.8 Å². The number of nitrogens with zero attached hydrogens (tertiary/aromatic N) is 1. The van der Waals surface area contributed by atoms with Crippen molar-refractivity contribution in [2.45, 2.75) is 30.2 Å². The molecule has 0 aliphatic carbocycles. The summed E-state index contributed by atoms with van der Waals surface area (Å²) in [4.78, 5) is 29.7. The summed E-state index contributed by atoms with van der Waals surface area (Å²) in [6.07, 6.45) is -0.638. The van der Waals surface area contributed by atoms with Crippen LogP contribution < -0.4 is 0 Å². The van der Waals surface area contributed by atoms with Crippen LogP contribution in [0.3, 0.4) is 0 Å². The molecule has 1 saturated heterocycles. The normalized spacial score (nSPS) is 23.9. The van der Waals surface area contributed by atoms with E-state index in [9.17, 15) is 9.59 Å². The molecule has 2 atom stereocenters. The van der Waals surface area contributed by atoms with Crippen molar-refractivity contribution in [3.8, 4) is 0 Å². The van der Waals surface area contributed by atoms with Gasteiger partial charge in [0.05, 0.1) is 12.0 Å². The van der Waals surface area contributed by atoms with Gasteiger partial charge >= 0.3 is 6.09 Å². The third-order valence-corrected chi connectivity index (χ3v) is 4.67. The van der Waals surface area contributed by atoms with Crippen molar-refractivity contribution in [2.75, 3.05) is 7.11 Å². The highest BCUT2D eigenvalue weighted by Crippen LogP contribution is 2.45. The monoisotopic (exact) mass is 311 g/mol. The van der Waals surface area contributed by atoms with Crippen molar-refractivity contribution in [1.29, 1.82) is 0 Å². The molecule has 0 aromatic heterocycles. The molecule has 1 amide bonds. The van der Waals surface area contributed by atoms with Gasteiger partial charge in [-0.3, -0.25) is 15.0 Å². The van der Waals surface area contributed by atoms with Gasteiger partial charge in [-0.15, -0.1) is 0 Å². The Hall–Kier alpha value is -1.57. The second-order valence-electron chi connectivity index (χ2n) is 5.05. The first-order valence-electron chi connectivity index (χ1n) is 6.37. The summed E-state index contributed by atoms with van der Waals surface area (Å²) in [6, 6.07) is 7.62. The van der Waals surface area contributed by atoms with Crippen LogP contribution in [0.5, 0.6) is 0 Å². The molecular weight excluding hydrogens is 294 g/mol. The first-order valence-corrected chi connectivity index (χ1v) is 7.25. The van der Waals surface area contributed by atoms with E-state index < -0.39 is 22.4 Å². The summed E-state index contributed by atoms with van der Waals surface area (Å²) in [7, 11) is 1.25. The van der Waals surface area contributed by atoms with Gasteiger partial charge in [0.25, 0.3) is 0 Å². The lowest BCUT2D eigenvalue weighted by Gasteiger charge is -2.32. The molecule has 21 heavy (non-hydrogen) atoms. The molecule has 1 fully saturated rings. The molecule has 0 unspecified atom stereocenters. The van der Waals surface area contributed by atoms with Crippen molar-refractivity contribution < 1.29 is 24.5 Å². The maximum atomic E-state index is 12.7. The summed E-state index contributed by atoms with van der Waals surface area (Å²) in [5.41, 5.74) is -0.427. The van der Waals surface area contributed by atoms with E-state index in [0.29, 0.717) is 5.56 Å². The molecule has 0 saturated carbocycles. The fraction of sp³-hybridized carbons (Fsp3) is 0.429. The first-order chi connectivity index (χ1) is 9.92. The van der Waals surface area contributed by atoms with Gasteiger partial charge in [0, 0.05) is 5.56 Å². The summed E-state index contributed by atoms with van der Waals surface area (Å²) in [6.45, 7) is 3.53. The van der Waals surface area contributed by atoms with Crippen molar-refractivity contribution in [3.63, 3.8) is 0 Å². The average molecular weight is 311 g/mol. The minimum Gasteiger partial charge on any atom is -0.453 e. The smallest absolute Gasteiger partial charge is 0.411 e. The van der Waals surface area contributed by atoms with E-state index in [1.165, 1.54) is 23.8 Å². The number of hydrogen-bond acceptors (Lipinski definition) is 6. The molecule has 0 spiro atoms. The first kappa shape index (κ1) is 15.8. The zero-order chi connectivity index (χ0) is 15.6. The van der Waals surface area contributed by atoms with Gasteiger partial charge in [0.15, 0.2) is 11.2 Å². The van der Waals surface area contributed by atoms with Gasteiger partial charge in [-0.05, 0) is 13.8 Å². The van der Waals surface area contributed by atoms with Gasteiger partial charge in [0.1, 0.15) is 6.04 Å². The number of methoxy groups -OCH3 is 1. The molecule has 7 heteroatoms. The lowest BCUT2D eigenvalue weighted by molar-refractivity contribution is -0.257. The van der Waals surface area contributed by atoms with Crippen LogP contribution in [0.4, 0.5) is 4.79 Å². The fourth-order valence-electron chi connectivity index (χ4n) is 2.39. The Balaban J connectivity index is 2.41. The molecule has 1 N–H and O–H groups in total. The zero-order valence-electron chi connectivity index (χ0n) is 12.0. The van der Waals surface area contributed by atoms with Crippen LogP contribution in [-0.2, 0) is 9.62 Å². The number of carbonyl (C=O) groups is 2. The minimum absolute atomic E-state index is 0.307. The van der Waals surface area contributed by atoms with Crippen LogP contribution in [-0.4, -0.2) is 45.5 Å². The molecule has 1 aliphatic heterocycles. The predicted octanol–water partition coefficient (Wildman–Crippen LogP) is 2.60. The quantitative estimate of drug-likeness (QED) is 0.525. The summed E-state index contributed by atoms with van der Waals surface area (Å²) < 4.78 is 4.76. The van der Waals surface area contributed by atoms with Gasteiger partial charge in [-0.1, -0.05) is 42.1 Å². The van der Waals surface area contributed by atoms with Gasteiger partial charge in [0.2, 0.25) is 0 Å². The van der Waals surface area contributed by atoms with E-state index in [2.05, 4.69) is 4.89 Å². The molecule has 0 radical (unpaired) electrons. The van der Waals surface area contributed by atoms with Crippen molar-refractivity contribution in [2.24, 2.45) is 0 Å². The fourth-order valence-corrected chi connectivity index (χ4v) is 3.67. The lowest BCUT2D eigenvalue weighted by atomic mass is 10.0. The highest BCUT2D eigenvalue weighted by Gasteiger charge is 2.54. The Morgan fingerprint density at radius 2 is 1.90 bits per heavy atom. The summed E-state index contributed by atoms with van der Waals surface area (Å²) in [5.74, 6) is -0.307. The Bertz CT molecular complexity index is 533. The van der Waals surface area contributed by atoms with E-state index in [0.717, 1.165) is 0 Å². The van der Waals surface area contributed by atoms with Crippen LogP contribution in [0.15, 0.2) is 30.3 Å². The molecule has 0 bridgehead atoms. The number of thioether (sulfide) groups is 1. The third kappa shape index (κ3) is 2.90. The van der Waals surface area contributed by atoms with Crippen LogP contribution in [0.25, 0.3) is 0 Å². The Labute approximate surface area is 127 Å². The molecule has 1 aromatic rings. The van der Waals surface area contributed by atoms with Gasteiger partial charge in [-0.25, -0.2) is 9.68 Å². The summed E-state index contributed by atoms with van der Waals surface area (Å²) in [5, 5.41) is 9.08. The maximum Gasteiger partial charge on any atom is 0.411 e.